The molecule has 2 aromatic carbocycles. The molecule has 0 aliphatic heterocycles. The molecule has 1 heterocycles. The van der Waals surface area contributed by atoms with Crippen molar-refractivity contribution in [1.82, 2.24) is 14.5 Å². The largest absolute Gasteiger partial charge is 0.490 e. The standard InChI is InChI=1S/C26H33N3O5/c1-5-18(4)29-25(31)20-10-8-9-11-21(20)28(26(29)32)17-24(30)27-15-14-19-12-13-22(33-6-2)23(16-19)34-7-3/h8-13,16,18H,5-7,14-15,17H2,1-4H3,(H,27,30)/t18-/m0/s1. The molecule has 0 radical (unpaired) electrons. The average Bonchev–Trinajstić information content (AvgIpc) is 2.83. The summed E-state index contributed by atoms with van der Waals surface area (Å²) in [6.07, 6.45) is 1.23. The Kier molecular flexibility index (Phi) is 8.51. The van der Waals surface area contributed by atoms with Crippen molar-refractivity contribution < 1.29 is 14.3 Å². The van der Waals surface area contributed by atoms with Gasteiger partial charge in [-0.3, -0.25) is 18.7 Å². The van der Waals surface area contributed by atoms with Crippen molar-refractivity contribution in [1.29, 1.82) is 0 Å². The molecule has 0 saturated carbocycles. The van der Waals surface area contributed by atoms with Crippen LogP contribution in [-0.2, 0) is 17.8 Å². The fourth-order valence-electron chi connectivity index (χ4n) is 3.86. The molecule has 3 rings (SSSR count). The molecule has 1 amide bonds. The molecule has 0 aliphatic rings. The van der Waals surface area contributed by atoms with Crippen LogP contribution in [0.3, 0.4) is 0 Å². The van der Waals surface area contributed by atoms with Crippen molar-refractivity contribution in [3.05, 3.63) is 68.9 Å². The Morgan fingerprint density at radius 2 is 1.71 bits per heavy atom. The highest BCUT2D eigenvalue weighted by Crippen LogP contribution is 2.28. The normalized spacial score (nSPS) is 11.9. The smallest absolute Gasteiger partial charge is 0.332 e. The Morgan fingerprint density at radius 1 is 1.00 bits per heavy atom. The van der Waals surface area contributed by atoms with Crippen LogP contribution in [-0.4, -0.2) is 34.8 Å². The molecule has 34 heavy (non-hydrogen) atoms. The number of benzene rings is 2. The summed E-state index contributed by atoms with van der Waals surface area (Å²) in [5.74, 6) is 1.08. The molecular weight excluding hydrogens is 434 g/mol. The third kappa shape index (κ3) is 5.50. The lowest BCUT2D eigenvalue weighted by atomic mass is 10.1. The summed E-state index contributed by atoms with van der Waals surface area (Å²) in [4.78, 5) is 38.8. The fourth-order valence-corrected chi connectivity index (χ4v) is 3.86. The van der Waals surface area contributed by atoms with E-state index in [0.29, 0.717) is 55.0 Å². The SMILES string of the molecule is CCOc1ccc(CCNC(=O)Cn2c(=O)n([C@@H](C)CC)c(=O)c3ccccc32)cc1OCC. The highest BCUT2D eigenvalue weighted by Gasteiger charge is 2.18. The van der Waals surface area contributed by atoms with Crippen LogP contribution in [0.2, 0.25) is 0 Å². The highest BCUT2D eigenvalue weighted by atomic mass is 16.5. The maximum atomic E-state index is 13.1. The Balaban J connectivity index is 1.76. The van der Waals surface area contributed by atoms with E-state index in [9.17, 15) is 14.4 Å². The number of rotatable bonds is 11. The summed E-state index contributed by atoms with van der Waals surface area (Å²) in [7, 11) is 0. The molecule has 182 valence electrons. The summed E-state index contributed by atoms with van der Waals surface area (Å²) < 4.78 is 13.9. The predicted molar refractivity (Wildman–Crippen MR) is 133 cm³/mol. The molecule has 1 aromatic heterocycles. The second kappa shape index (κ2) is 11.5. The van der Waals surface area contributed by atoms with Gasteiger partial charge in [-0.05, 0) is 63.4 Å². The van der Waals surface area contributed by atoms with Gasteiger partial charge in [0, 0.05) is 12.6 Å². The first-order chi connectivity index (χ1) is 16.4. The summed E-state index contributed by atoms with van der Waals surface area (Å²) >= 11 is 0. The molecule has 0 fully saturated rings. The third-order valence-electron chi connectivity index (χ3n) is 5.76. The van der Waals surface area contributed by atoms with Crippen molar-refractivity contribution in [3.63, 3.8) is 0 Å². The lowest BCUT2D eigenvalue weighted by Gasteiger charge is -2.17. The number of carbonyl (C=O) groups excluding carboxylic acids is 1. The van der Waals surface area contributed by atoms with E-state index in [1.807, 2.05) is 45.9 Å². The number of para-hydroxylation sites is 1. The zero-order valence-corrected chi connectivity index (χ0v) is 20.3. The minimum Gasteiger partial charge on any atom is -0.490 e. The van der Waals surface area contributed by atoms with Crippen LogP contribution in [0.4, 0.5) is 0 Å². The fraction of sp³-hybridized carbons (Fsp3) is 0.423. The first-order valence-electron chi connectivity index (χ1n) is 11.8. The molecule has 0 spiro atoms. The van der Waals surface area contributed by atoms with Crippen LogP contribution in [0.5, 0.6) is 11.5 Å². The van der Waals surface area contributed by atoms with Crippen LogP contribution >= 0.6 is 0 Å². The van der Waals surface area contributed by atoms with Gasteiger partial charge in [-0.25, -0.2) is 4.79 Å². The van der Waals surface area contributed by atoms with Gasteiger partial charge >= 0.3 is 5.69 Å². The number of carbonyl (C=O) groups is 1. The predicted octanol–water partition coefficient (Wildman–Crippen LogP) is 3.29. The molecule has 0 unspecified atom stereocenters. The van der Waals surface area contributed by atoms with Gasteiger partial charge < -0.3 is 14.8 Å². The molecular formula is C26H33N3O5. The summed E-state index contributed by atoms with van der Waals surface area (Å²) in [6, 6.07) is 12.4. The van der Waals surface area contributed by atoms with E-state index in [2.05, 4.69) is 5.32 Å². The van der Waals surface area contributed by atoms with E-state index in [4.69, 9.17) is 9.47 Å². The molecule has 1 atom stereocenters. The highest BCUT2D eigenvalue weighted by molar-refractivity contribution is 5.81. The molecule has 0 aliphatic carbocycles. The Hall–Kier alpha value is -3.55. The van der Waals surface area contributed by atoms with Crippen molar-refractivity contribution in [2.24, 2.45) is 0 Å². The van der Waals surface area contributed by atoms with Gasteiger partial charge in [0.2, 0.25) is 5.91 Å². The van der Waals surface area contributed by atoms with Gasteiger partial charge in [-0.1, -0.05) is 25.1 Å². The first kappa shape index (κ1) is 25.1. The van der Waals surface area contributed by atoms with Crippen LogP contribution in [0.25, 0.3) is 10.9 Å². The number of fused-ring (bicyclic) bond motifs is 1. The zero-order valence-electron chi connectivity index (χ0n) is 20.3. The van der Waals surface area contributed by atoms with Crippen molar-refractivity contribution in [2.75, 3.05) is 19.8 Å². The van der Waals surface area contributed by atoms with E-state index >= 15 is 0 Å². The number of nitrogens with zero attached hydrogens (tertiary/aromatic N) is 2. The van der Waals surface area contributed by atoms with Gasteiger partial charge in [0.15, 0.2) is 11.5 Å². The van der Waals surface area contributed by atoms with E-state index in [1.165, 1.54) is 9.13 Å². The van der Waals surface area contributed by atoms with Gasteiger partial charge in [-0.15, -0.1) is 0 Å². The van der Waals surface area contributed by atoms with Gasteiger partial charge in [0.1, 0.15) is 6.54 Å². The Labute approximate surface area is 199 Å². The second-order valence-corrected chi connectivity index (χ2v) is 8.07. The monoisotopic (exact) mass is 467 g/mol. The minimum atomic E-state index is -0.471. The zero-order chi connectivity index (χ0) is 24.7. The van der Waals surface area contributed by atoms with E-state index in [-0.39, 0.29) is 24.1 Å². The van der Waals surface area contributed by atoms with Crippen LogP contribution in [0.15, 0.2) is 52.1 Å². The Morgan fingerprint density at radius 3 is 2.41 bits per heavy atom. The second-order valence-electron chi connectivity index (χ2n) is 8.07. The van der Waals surface area contributed by atoms with Gasteiger partial charge in [0.05, 0.1) is 24.1 Å². The first-order valence-corrected chi connectivity index (χ1v) is 11.8. The third-order valence-corrected chi connectivity index (χ3v) is 5.76. The lowest BCUT2D eigenvalue weighted by Crippen LogP contribution is -2.44. The summed E-state index contributed by atoms with van der Waals surface area (Å²) in [5, 5.41) is 3.31. The molecule has 0 saturated heterocycles. The maximum Gasteiger partial charge on any atom is 0.332 e. The van der Waals surface area contributed by atoms with Gasteiger partial charge in [0.25, 0.3) is 5.56 Å². The number of nitrogens with one attached hydrogen (secondary N) is 1. The minimum absolute atomic E-state index is 0.163. The number of hydrogen-bond acceptors (Lipinski definition) is 5. The van der Waals surface area contributed by atoms with Crippen molar-refractivity contribution in [2.45, 2.75) is 53.1 Å². The quantitative estimate of drug-likeness (QED) is 0.467. The topological polar surface area (TPSA) is 91.6 Å². The van der Waals surface area contributed by atoms with E-state index < -0.39 is 5.69 Å². The number of aromatic nitrogens is 2. The summed E-state index contributed by atoms with van der Waals surface area (Å²) in [6.45, 7) is 8.90. The van der Waals surface area contributed by atoms with Gasteiger partial charge in [-0.2, -0.15) is 0 Å². The van der Waals surface area contributed by atoms with Crippen molar-refractivity contribution >= 4 is 16.8 Å². The molecule has 8 nitrogen and oxygen atoms in total. The lowest BCUT2D eigenvalue weighted by molar-refractivity contribution is -0.121. The number of amides is 1. The van der Waals surface area contributed by atoms with Crippen molar-refractivity contribution in [3.8, 4) is 11.5 Å². The average molecular weight is 468 g/mol. The molecule has 3 aromatic rings. The van der Waals surface area contributed by atoms with Crippen LogP contribution in [0, 0.1) is 0 Å². The van der Waals surface area contributed by atoms with E-state index in [1.54, 1.807) is 24.3 Å². The van der Waals surface area contributed by atoms with Crippen LogP contribution in [0.1, 0.15) is 45.7 Å². The molecule has 0 bridgehead atoms. The number of hydrogen-bond donors (Lipinski definition) is 1. The molecule has 8 heteroatoms. The maximum absolute atomic E-state index is 13.1. The van der Waals surface area contributed by atoms with E-state index in [0.717, 1.165) is 5.56 Å². The Bertz CT molecular complexity index is 1260. The summed E-state index contributed by atoms with van der Waals surface area (Å²) in [5.41, 5.74) is 0.661. The number of ether oxygens (including phenoxy) is 2. The molecule has 1 N–H and O–H groups in total. The van der Waals surface area contributed by atoms with Crippen LogP contribution < -0.4 is 26.0 Å².